The number of benzene rings is 2. The number of ketones is 1. The predicted octanol–water partition coefficient (Wildman–Crippen LogP) is 4.23. The molecule has 0 atom stereocenters. The van der Waals surface area contributed by atoms with Crippen molar-refractivity contribution in [3.05, 3.63) is 54.1 Å². The number of aryl methyl sites for hydroxylation is 1. The van der Waals surface area contributed by atoms with Crippen molar-refractivity contribution in [2.24, 2.45) is 0 Å². The van der Waals surface area contributed by atoms with Crippen LogP contribution in [-0.2, 0) is 16.0 Å². The summed E-state index contributed by atoms with van der Waals surface area (Å²) in [7, 11) is 0. The maximum atomic E-state index is 12.2. The second kappa shape index (κ2) is 11.0. The second-order valence-electron chi connectivity index (χ2n) is 5.94. The molecular formula is C21H22N2O3S. The quantitative estimate of drug-likeness (QED) is 0.491. The van der Waals surface area contributed by atoms with Crippen molar-refractivity contribution in [1.29, 1.82) is 5.26 Å². The van der Waals surface area contributed by atoms with Gasteiger partial charge in [0.2, 0.25) is 0 Å². The van der Waals surface area contributed by atoms with Gasteiger partial charge < -0.3 is 14.8 Å². The molecule has 1 N–H and O–H groups in total. The Bertz CT molecular complexity index is 813. The first kappa shape index (κ1) is 20.5. The molecule has 1 amide bonds. The lowest BCUT2D eigenvalue weighted by Gasteiger charge is -2.11. The van der Waals surface area contributed by atoms with E-state index in [9.17, 15) is 9.59 Å². The van der Waals surface area contributed by atoms with Crippen molar-refractivity contribution < 1.29 is 14.3 Å². The molecule has 2 aromatic carbocycles. The number of Topliss-reactive ketones (excluding diaryl/α,β-unsaturated/α-hetero) is 1. The Labute approximate surface area is 163 Å². The summed E-state index contributed by atoms with van der Waals surface area (Å²) in [5.41, 5.74) is 1.78. The minimum atomic E-state index is -0.246. The van der Waals surface area contributed by atoms with Gasteiger partial charge in [0.1, 0.15) is 11.5 Å². The van der Waals surface area contributed by atoms with Crippen LogP contribution in [0.3, 0.4) is 0 Å². The third kappa shape index (κ3) is 7.55. The number of thioether (sulfide) groups is 1. The molecule has 0 spiro atoms. The van der Waals surface area contributed by atoms with E-state index in [1.165, 1.54) is 11.8 Å². The average Bonchev–Trinajstić information content (AvgIpc) is 2.67. The molecule has 5 nitrogen and oxygen atoms in total. The van der Waals surface area contributed by atoms with Crippen LogP contribution >= 0.6 is 11.8 Å². The molecule has 0 radical (unpaired) electrons. The molecule has 27 heavy (non-hydrogen) atoms. The first-order valence-electron chi connectivity index (χ1n) is 8.68. The maximum absolute atomic E-state index is 12.2. The number of nitriles is 1. The molecule has 0 bridgehead atoms. The molecule has 0 saturated carbocycles. The SMILES string of the molecule is CC(=O)CCc1ccc(OCC(=O)Nc2ccccc2SCCC#N)cc1. The number of para-hydroxylation sites is 1. The summed E-state index contributed by atoms with van der Waals surface area (Å²) in [4.78, 5) is 24.1. The van der Waals surface area contributed by atoms with Crippen LogP contribution in [0.5, 0.6) is 5.75 Å². The molecule has 6 heteroatoms. The highest BCUT2D eigenvalue weighted by atomic mass is 32.2. The number of amides is 1. The number of hydrogen-bond donors (Lipinski definition) is 1. The number of rotatable bonds is 10. The van der Waals surface area contributed by atoms with Crippen LogP contribution in [0.2, 0.25) is 0 Å². The first-order chi connectivity index (χ1) is 13.1. The van der Waals surface area contributed by atoms with Gasteiger partial charge in [0.15, 0.2) is 6.61 Å². The lowest BCUT2D eigenvalue weighted by atomic mass is 10.1. The van der Waals surface area contributed by atoms with Gasteiger partial charge in [-0.1, -0.05) is 24.3 Å². The topological polar surface area (TPSA) is 79.2 Å². The fourth-order valence-electron chi connectivity index (χ4n) is 2.31. The summed E-state index contributed by atoms with van der Waals surface area (Å²) in [5.74, 6) is 1.20. The van der Waals surface area contributed by atoms with E-state index in [2.05, 4.69) is 11.4 Å². The van der Waals surface area contributed by atoms with Crippen molar-refractivity contribution in [2.75, 3.05) is 17.7 Å². The lowest BCUT2D eigenvalue weighted by Crippen LogP contribution is -2.20. The predicted molar refractivity (Wildman–Crippen MR) is 107 cm³/mol. The van der Waals surface area contributed by atoms with E-state index in [1.54, 1.807) is 19.1 Å². The van der Waals surface area contributed by atoms with Crippen LogP contribution in [0.4, 0.5) is 5.69 Å². The van der Waals surface area contributed by atoms with Crippen molar-refractivity contribution in [3.63, 3.8) is 0 Å². The summed E-state index contributed by atoms with van der Waals surface area (Å²) < 4.78 is 5.53. The summed E-state index contributed by atoms with van der Waals surface area (Å²) in [5, 5.41) is 11.5. The third-order valence-corrected chi connectivity index (χ3v) is 4.77. The van der Waals surface area contributed by atoms with E-state index in [-0.39, 0.29) is 18.3 Å². The molecule has 0 heterocycles. The monoisotopic (exact) mass is 382 g/mol. The number of nitrogens with one attached hydrogen (secondary N) is 1. The fourth-order valence-corrected chi connectivity index (χ4v) is 3.17. The van der Waals surface area contributed by atoms with Gasteiger partial charge in [-0.2, -0.15) is 5.26 Å². The Kier molecular flexibility index (Phi) is 8.40. The van der Waals surface area contributed by atoms with Gasteiger partial charge >= 0.3 is 0 Å². The summed E-state index contributed by atoms with van der Waals surface area (Å²) in [6.07, 6.45) is 1.68. The highest BCUT2D eigenvalue weighted by Crippen LogP contribution is 2.27. The smallest absolute Gasteiger partial charge is 0.262 e. The lowest BCUT2D eigenvalue weighted by molar-refractivity contribution is -0.118. The van der Waals surface area contributed by atoms with Gasteiger partial charge in [0.25, 0.3) is 5.91 Å². The van der Waals surface area contributed by atoms with E-state index in [4.69, 9.17) is 10.00 Å². The van der Waals surface area contributed by atoms with Crippen LogP contribution in [0.25, 0.3) is 0 Å². The summed E-state index contributed by atoms with van der Waals surface area (Å²) in [6, 6.07) is 17.0. The van der Waals surface area contributed by atoms with Crippen molar-refractivity contribution in [1.82, 2.24) is 0 Å². The van der Waals surface area contributed by atoms with Crippen LogP contribution < -0.4 is 10.1 Å². The zero-order valence-corrected chi connectivity index (χ0v) is 16.1. The normalized spacial score (nSPS) is 10.1. The number of anilines is 1. The van der Waals surface area contributed by atoms with Crippen LogP contribution in [-0.4, -0.2) is 24.1 Å². The Hall–Kier alpha value is -2.78. The van der Waals surface area contributed by atoms with Gasteiger partial charge in [-0.15, -0.1) is 11.8 Å². The number of carbonyl (C=O) groups is 2. The number of carbonyl (C=O) groups excluding carboxylic acids is 2. The highest BCUT2D eigenvalue weighted by molar-refractivity contribution is 7.99. The molecule has 0 aliphatic heterocycles. The molecule has 0 aromatic heterocycles. The minimum Gasteiger partial charge on any atom is -0.484 e. The first-order valence-corrected chi connectivity index (χ1v) is 9.67. The molecule has 140 valence electrons. The van der Waals surface area contributed by atoms with Gasteiger partial charge in [-0.25, -0.2) is 0 Å². The van der Waals surface area contributed by atoms with Gasteiger partial charge in [0.05, 0.1) is 11.8 Å². The summed E-state index contributed by atoms with van der Waals surface area (Å²) in [6.45, 7) is 1.49. The molecule has 0 saturated heterocycles. The van der Waals surface area contributed by atoms with Crippen LogP contribution in [0, 0.1) is 11.3 Å². The largest absolute Gasteiger partial charge is 0.484 e. The number of hydrogen-bond acceptors (Lipinski definition) is 5. The van der Waals surface area contributed by atoms with E-state index in [0.717, 1.165) is 10.5 Å². The number of nitrogens with zero attached hydrogens (tertiary/aromatic N) is 1. The molecule has 0 unspecified atom stereocenters. The molecular weight excluding hydrogens is 360 g/mol. The highest BCUT2D eigenvalue weighted by Gasteiger charge is 2.08. The van der Waals surface area contributed by atoms with Crippen molar-refractivity contribution >= 4 is 29.1 Å². The average molecular weight is 382 g/mol. The Morgan fingerprint density at radius 1 is 1.15 bits per heavy atom. The summed E-state index contributed by atoms with van der Waals surface area (Å²) >= 11 is 1.53. The third-order valence-electron chi connectivity index (χ3n) is 3.69. The molecule has 0 aliphatic rings. The van der Waals surface area contributed by atoms with Gasteiger partial charge in [0, 0.05) is 23.5 Å². The minimum absolute atomic E-state index is 0.0933. The van der Waals surface area contributed by atoms with Crippen LogP contribution in [0.1, 0.15) is 25.3 Å². The van der Waals surface area contributed by atoms with Crippen molar-refractivity contribution in [2.45, 2.75) is 31.1 Å². The Balaban J connectivity index is 1.84. The number of ether oxygens (including phenoxy) is 1. The zero-order chi connectivity index (χ0) is 19.5. The molecule has 0 aliphatic carbocycles. The zero-order valence-electron chi connectivity index (χ0n) is 15.2. The Morgan fingerprint density at radius 2 is 1.89 bits per heavy atom. The van der Waals surface area contributed by atoms with E-state index in [1.807, 2.05) is 36.4 Å². The van der Waals surface area contributed by atoms with Gasteiger partial charge in [-0.05, 0) is 43.2 Å². The molecule has 2 rings (SSSR count). The second-order valence-corrected chi connectivity index (χ2v) is 7.07. The van der Waals surface area contributed by atoms with Gasteiger partial charge in [-0.3, -0.25) is 4.79 Å². The van der Waals surface area contributed by atoms with E-state index in [0.29, 0.717) is 36.5 Å². The van der Waals surface area contributed by atoms with Crippen LogP contribution in [0.15, 0.2) is 53.4 Å². The maximum Gasteiger partial charge on any atom is 0.262 e. The van der Waals surface area contributed by atoms with E-state index < -0.39 is 0 Å². The molecule has 0 fully saturated rings. The standard InChI is InChI=1S/C21H22N2O3S/c1-16(24)7-8-17-9-11-18(12-10-17)26-15-21(25)23-19-5-2-3-6-20(19)27-14-4-13-22/h2-3,5-6,9-12H,4,7-8,14-15H2,1H3,(H,23,25). The molecule has 2 aromatic rings. The Morgan fingerprint density at radius 3 is 2.59 bits per heavy atom. The van der Waals surface area contributed by atoms with Crippen molar-refractivity contribution in [3.8, 4) is 11.8 Å². The van der Waals surface area contributed by atoms with E-state index >= 15 is 0 Å². The fraction of sp³-hybridized carbons (Fsp3) is 0.286.